The van der Waals surface area contributed by atoms with Crippen molar-refractivity contribution in [1.82, 2.24) is 4.90 Å². The lowest BCUT2D eigenvalue weighted by atomic mass is 9.93. The zero-order valence-corrected chi connectivity index (χ0v) is 12.5. The molecule has 1 aromatic rings. The third-order valence-electron chi connectivity index (χ3n) is 3.72. The van der Waals surface area contributed by atoms with Crippen molar-refractivity contribution in [1.29, 1.82) is 0 Å². The fraction of sp³-hybridized carbons (Fsp3) is 0.600. The zero-order valence-electron chi connectivity index (χ0n) is 11.7. The number of rotatable bonds is 3. The highest BCUT2D eigenvalue weighted by atomic mass is 35.5. The number of hydrogen-bond donors (Lipinski definition) is 0. The molecule has 0 aromatic heterocycles. The second kappa shape index (κ2) is 5.78. The predicted molar refractivity (Wildman–Crippen MR) is 75.9 cm³/mol. The largest absolute Gasteiger partial charge is 0.375 e. The molecule has 0 spiro atoms. The highest BCUT2D eigenvalue weighted by molar-refractivity contribution is 6.30. The molecule has 4 heteroatoms. The SMILES string of the molecule is CN(Cc1cc(Cl)ccc1F)[C@H]1CCOC(C)(C)C1. The predicted octanol–water partition coefficient (Wildman–Crippen LogP) is 3.87. The molecule has 2 rings (SSSR count). The maximum absolute atomic E-state index is 13.7. The molecule has 1 atom stereocenters. The second-order valence-electron chi connectivity index (χ2n) is 5.91. The van der Waals surface area contributed by atoms with Crippen molar-refractivity contribution < 1.29 is 9.13 Å². The minimum absolute atomic E-state index is 0.0932. The summed E-state index contributed by atoms with van der Waals surface area (Å²) in [5.74, 6) is -0.192. The molecular weight excluding hydrogens is 265 g/mol. The Balaban J connectivity index is 2.04. The van der Waals surface area contributed by atoms with Crippen LogP contribution in [0, 0.1) is 5.82 Å². The van der Waals surface area contributed by atoms with Gasteiger partial charge in [-0.1, -0.05) is 11.6 Å². The van der Waals surface area contributed by atoms with Crippen LogP contribution in [0.2, 0.25) is 5.02 Å². The molecule has 1 aliphatic heterocycles. The molecule has 19 heavy (non-hydrogen) atoms. The lowest BCUT2D eigenvalue weighted by Crippen LogP contribution is -2.44. The Kier molecular flexibility index (Phi) is 4.49. The van der Waals surface area contributed by atoms with Crippen LogP contribution in [-0.4, -0.2) is 30.2 Å². The van der Waals surface area contributed by atoms with Crippen molar-refractivity contribution in [2.24, 2.45) is 0 Å². The summed E-state index contributed by atoms with van der Waals surface area (Å²) in [6, 6.07) is 5.14. The molecule has 0 bridgehead atoms. The molecular formula is C15H21ClFNO. The van der Waals surface area contributed by atoms with Crippen LogP contribution >= 0.6 is 11.6 Å². The van der Waals surface area contributed by atoms with E-state index in [1.54, 1.807) is 12.1 Å². The summed E-state index contributed by atoms with van der Waals surface area (Å²) in [6.45, 7) is 5.55. The van der Waals surface area contributed by atoms with Crippen LogP contribution in [-0.2, 0) is 11.3 Å². The van der Waals surface area contributed by atoms with Gasteiger partial charge in [-0.15, -0.1) is 0 Å². The first-order valence-electron chi connectivity index (χ1n) is 6.65. The van der Waals surface area contributed by atoms with E-state index in [1.165, 1.54) is 6.07 Å². The Labute approximate surface area is 119 Å². The van der Waals surface area contributed by atoms with E-state index in [0.717, 1.165) is 19.4 Å². The Morgan fingerprint density at radius 3 is 2.89 bits per heavy atom. The van der Waals surface area contributed by atoms with E-state index in [4.69, 9.17) is 16.3 Å². The quantitative estimate of drug-likeness (QED) is 0.836. The van der Waals surface area contributed by atoms with Gasteiger partial charge in [-0.3, -0.25) is 4.90 Å². The Hall–Kier alpha value is -0.640. The van der Waals surface area contributed by atoms with Gasteiger partial charge in [0.15, 0.2) is 0 Å². The van der Waals surface area contributed by atoms with Crippen molar-refractivity contribution in [2.45, 2.75) is 44.9 Å². The van der Waals surface area contributed by atoms with Crippen LogP contribution in [0.1, 0.15) is 32.3 Å². The Morgan fingerprint density at radius 2 is 2.21 bits per heavy atom. The molecule has 0 amide bonds. The standard InChI is InChI=1S/C15H21ClFNO/c1-15(2)9-13(6-7-19-15)18(3)10-11-8-12(16)4-5-14(11)17/h4-5,8,13H,6-7,9-10H2,1-3H3/t13-/m0/s1. The number of hydrogen-bond acceptors (Lipinski definition) is 2. The number of halogens is 2. The van der Waals surface area contributed by atoms with Gasteiger partial charge in [0.1, 0.15) is 5.82 Å². The van der Waals surface area contributed by atoms with Crippen molar-refractivity contribution >= 4 is 11.6 Å². The molecule has 0 N–H and O–H groups in total. The summed E-state index contributed by atoms with van der Waals surface area (Å²) in [5.41, 5.74) is 0.559. The van der Waals surface area contributed by atoms with E-state index < -0.39 is 0 Å². The normalized spacial score (nSPS) is 22.7. The molecule has 1 aliphatic rings. The third kappa shape index (κ3) is 3.91. The van der Waals surface area contributed by atoms with E-state index >= 15 is 0 Å². The summed E-state index contributed by atoms with van der Waals surface area (Å²) in [7, 11) is 2.03. The zero-order chi connectivity index (χ0) is 14.0. The molecule has 106 valence electrons. The van der Waals surface area contributed by atoms with Gasteiger partial charge in [-0.25, -0.2) is 4.39 Å². The van der Waals surface area contributed by atoms with Crippen LogP contribution in [0.4, 0.5) is 4.39 Å². The molecule has 0 aliphatic carbocycles. The van der Waals surface area contributed by atoms with Gasteiger partial charge in [0.05, 0.1) is 5.60 Å². The Morgan fingerprint density at radius 1 is 1.47 bits per heavy atom. The van der Waals surface area contributed by atoms with Crippen molar-refractivity contribution in [2.75, 3.05) is 13.7 Å². The van der Waals surface area contributed by atoms with Crippen LogP contribution in [0.15, 0.2) is 18.2 Å². The highest BCUT2D eigenvalue weighted by Crippen LogP contribution is 2.28. The molecule has 2 nitrogen and oxygen atoms in total. The summed E-state index contributed by atoms with van der Waals surface area (Å²) >= 11 is 5.93. The molecule has 0 saturated carbocycles. The molecule has 1 heterocycles. The maximum Gasteiger partial charge on any atom is 0.127 e. The first kappa shape index (κ1) is 14.8. The van der Waals surface area contributed by atoms with E-state index in [2.05, 4.69) is 18.7 Å². The molecule has 0 radical (unpaired) electrons. The van der Waals surface area contributed by atoms with Crippen LogP contribution < -0.4 is 0 Å². The summed E-state index contributed by atoms with van der Waals surface area (Å²) in [6.07, 6.45) is 1.95. The number of benzene rings is 1. The average molecular weight is 286 g/mol. The molecule has 1 aromatic carbocycles. The summed E-state index contributed by atoms with van der Waals surface area (Å²) in [5, 5.41) is 0.581. The minimum atomic E-state index is -0.192. The van der Waals surface area contributed by atoms with Gasteiger partial charge >= 0.3 is 0 Å². The molecule has 1 saturated heterocycles. The van der Waals surface area contributed by atoms with Gasteiger partial charge in [-0.05, 0) is 51.9 Å². The topological polar surface area (TPSA) is 12.5 Å². The lowest BCUT2D eigenvalue weighted by molar-refractivity contribution is -0.0810. The Bertz CT molecular complexity index is 450. The monoisotopic (exact) mass is 285 g/mol. The first-order chi connectivity index (χ1) is 8.87. The van der Waals surface area contributed by atoms with Gasteiger partial charge in [0.25, 0.3) is 0 Å². The fourth-order valence-electron chi connectivity index (χ4n) is 2.64. The lowest BCUT2D eigenvalue weighted by Gasteiger charge is -2.39. The van der Waals surface area contributed by atoms with E-state index in [1.807, 2.05) is 7.05 Å². The van der Waals surface area contributed by atoms with Crippen molar-refractivity contribution in [3.8, 4) is 0 Å². The highest BCUT2D eigenvalue weighted by Gasteiger charge is 2.31. The van der Waals surface area contributed by atoms with Gasteiger partial charge in [0, 0.05) is 29.8 Å². The van der Waals surface area contributed by atoms with E-state index in [9.17, 15) is 4.39 Å². The molecule has 0 unspecified atom stereocenters. The van der Waals surface area contributed by atoms with Gasteiger partial charge in [0.2, 0.25) is 0 Å². The minimum Gasteiger partial charge on any atom is -0.375 e. The smallest absolute Gasteiger partial charge is 0.127 e. The maximum atomic E-state index is 13.7. The molecule has 1 fully saturated rings. The van der Waals surface area contributed by atoms with E-state index in [-0.39, 0.29) is 11.4 Å². The van der Waals surface area contributed by atoms with E-state index in [0.29, 0.717) is 23.2 Å². The van der Waals surface area contributed by atoms with Crippen LogP contribution in [0.25, 0.3) is 0 Å². The van der Waals surface area contributed by atoms with Crippen molar-refractivity contribution in [3.63, 3.8) is 0 Å². The third-order valence-corrected chi connectivity index (χ3v) is 3.96. The summed E-state index contributed by atoms with van der Waals surface area (Å²) in [4.78, 5) is 2.19. The van der Waals surface area contributed by atoms with Gasteiger partial charge in [-0.2, -0.15) is 0 Å². The van der Waals surface area contributed by atoms with Gasteiger partial charge < -0.3 is 4.74 Å². The number of ether oxygens (including phenoxy) is 1. The average Bonchev–Trinajstić information content (AvgIpc) is 2.32. The second-order valence-corrected chi connectivity index (χ2v) is 6.34. The van der Waals surface area contributed by atoms with Crippen LogP contribution in [0.5, 0.6) is 0 Å². The number of nitrogens with zero attached hydrogens (tertiary/aromatic N) is 1. The van der Waals surface area contributed by atoms with Crippen LogP contribution in [0.3, 0.4) is 0 Å². The van der Waals surface area contributed by atoms with Crippen molar-refractivity contribution in [3.05, 3.63) is 34.6 Å². The fourth-order valence-corrected chi connectivity index (χ4v) is 2.83. The summed E-state index contributed by atoms with van der Waals surface area (Å²) < 4.78 is 19.5. The first-order valence-corrected chi connectivity index (χ1v) is 7.03.